The van der Waals surface area contributed by atoms with Crippen molar-refractivity contribution in [1.29, 1.82) is 0 Å². The van der Waals surface area contributed by atoms with Crippen LogP contribution in [0.15, 0.2) is 6.33 Å². The molecule has 0 fully saturated rings. The quantitative estimate of drug-likeness (QED) is 0.716. The predicted molar refractivity (Wildman–Crippen MR) is 84.2 cm³/mol. The number of hydrogen-bond acceptors (Lipinski definition) is 5. The van der Waals surface area contributed by atoms with Gasteiger partial charge < -0.3 is 15.7 Å². The van der Waals surface area contributed by atoms with E-state index in [0.717, 1.165) is 36.6 Å². The summed E-state index contributed by atoms with van der Waals surface area (Å²) >= 11 is 0. The Balaban J connectivity index is 3.14. The van der Waals surface area contributed by atoms with E-state index in [1.807, 2.05) is 20.8 Å². The van der Waals surface area contributed by atoms with E-state index < -0.39 is 11.1 Å². The van der Waals surface area contributed by atoms with Crippen molar-refractivity contribution in [2.24, 2.45) is 0 Å². The van der Waals surface area contributed by atoms with Crippen molar-refractivity contribution in [3.8, 4) is 0 Å². The van der Waals surface area contributed by atoms with E-state index in [-0.39, 0.29) is 0 Å². The van der Waals surface area contributed by atoms with Crippen molar-refractivity contribution in [3.05, 3.63) is 11.9 Å². The second-order valence-corrected chi connectivity index (χ2v) is 6.14. The van der Waals surface area contributed by atoms with E-state index in [9.17, 15) is 5.11 Å². The third-order valence-electron chi connectivity index (χ3n) is 3.75. The Kier molecular flexibility index (Phi) is 5.34. The highest BCUT2D eigenvalue weighted by atomic mass is 16.3. The summed E-state index contributed by atoms with van der Waals surface area (Å²) in [6, 6.07) is 0. The van der Waals surface area contributed by atoms with Crippen LogP contribution in [0, 0.1) is 0 Å². The largest absolute Gasteiger partial charge is 0.388 e. The number of aliphatic hydroxyl groups is 1. The zero-order valence-electron chi connectivity index (χ0n) is 13.5. The van der Waals surface area contributed by atoms with E-state index >= 15 is 0 Å². The molecule has 0 unspecified atom stereocenters. The van der Waals surface area contributed by atoms with Gasteiger partial charge in [0.05, 0.1) is 11.1 Å². The molecule has 1 aromatic rings. The number of aromatic nitrogens is 2. The molecular weight excluding hydrogens is 252 g/mol. The predicted octanol–water partition coefficient (Wildman–Crippen LogP) is 2.82. The highest BCUT2D eigenvalue weighted by Crippen LogP contribution is 2.29. The maximum absolute atomic E-state index is 10.3. The van der Waals surface area contributed by atoms with Crippen molar-refractivity contribution in [3.63, 3.8) is 0 Å². The van der Waals surface area contributed by atoms with Gasteiger partial charge in [-0.25, -0.2) is 9.97 Å². The first-order valence-electron chi connectivity index (χ1n) is 7.31. The maximum Gasteiger partial charge on any atom is 0.135 e. The van der Waals surface area contributed by atoms with Gasteiger partial charge in [-0.1, -0.05) is 13.3 Å². The molecule has 0 bridgehead atoms. The van der Waals surface area contributed by atoms with Gasteiger partial charge in [0.25, 0.3) is 0 Å². The topological polar surface area (TPSA) is 70.1 Å². The zero-order valence-corrected chi connectivity index (χ0v) is 13.5. The summed E-state index contributed by atoms with van der Waals surface area (Å²) in [4.78, 5) is 8.68. The van der Waals surface area contributed by atoms with Crippen molar-refractivity contribution >= 4 is 11.6 Å². The van der Waals surface area contributed by atoms with Crippen molar-refractivity contribution in [1.82, 2.24) is 9.97 Å². The first kappa shape index (κ1) is 16.7. The first-order valence-corrected chi connectivity index (χ1v) is 7.31. The Morgan fingerprint density at radius 2 is 1.70 bits per heavy atom. The van der Waals surface area contributed by atoms with Crippen LogP contribution in [0.1, 0.15) is 53.5 Å². The average Bonchev–Trinajstić information content (AvgIpc) is 2.32. The van der Waals surface area contributed by atoms with Crippen LogP contribution in [-0.2, 0) is 6.42 Å². The third-order valence-corrected chi connectivity index (χ3v) is 3.75. The highest BCUT2D eigenvalue weighted by molar-refractivity contribution is 5.58. The Hall–Kier alpha value is -1.36. The van der Waals surface area contributed by atoms with Gasteiger partial charge in [-0.2, -0.15) is 0 Å². The van der Waals surface area contributed by atoms with Gasteiger partial charge in [-0.3, -0.25) is 0 Å². The summed E-state index contributed by atoms with van der Waals surface area (Å²) < 4.78 is 0. The molecule has 5 nitrogen and oxygen atoms in total. The molecule has 0 saturated heterocycles. The molecule has 0 aliphatic rings. The molecule has 5 heteroatoms. The minimum Gasteiger partial charge on any atom is -0.388 e. The van der Waals surface area contributed by atoms with Gasteiger partial charge >= 0.3 is 0 Å². The first-order chi connectivity index (χ1) is 9.23. The molecule has 1 aromatic heterocycles. The molecule has 20 heavy (non-hydrogen) atoms. The lowest BCUT2D eigenvalue weighted by molar-refractivity contribution is 0.0238. The standard InChI is InChI=1S/C15H28N4O/c1-7-9-11-12(16-8-2)17-10-18-13(11)19-14(3,4)15(5,6)20/h10,20H,7-9H2,1-6H3,(H2,16,17,18,19). The number of hydrogen-bond donors (Lipinski definition) is 3. The summed E-state index contributed by atoms with van der Waals surface area (Å²) in [5, 5.41) is 16.9. The molecule has 0 aromatic carbocycles. The number of rotatable bonds is 7. The summed E-state index contributed by atoms with van der Waals surface area (Å²) in [7, 11) is 0. The summed E-state index contributed by atoms with van der Waals surface area (Å²) in [6.07, 6.45) is 3.47. The third kappa shape index (κ3) is 3.82. The van der Waals surface area contributed by atoms with Crippen LogP contribution in [0.3, 0.4) is 0 Å². The van der Waals surface area contributed by atoms with Crippen LogP contribution in [-0.4, -0.2) is 32.8 Å². The van der Waals surface area contributed by atoms with Crippen LogP contribution >= 0.6 is 0 Å². The van der Waals surface area contributed by atoms with Crippen LogP contribution in [0.4, 0.5) is 11.6 Å². The van der Waals surface area contributed by atoms with Crippen molar-refractivity contribution in [2.75, 3.05) is 17.2 Å². The molecule has 3 N–H and O–H groups in total. The summed E-state index contributed by atoms with van der Waals surface area (Å²) in [5.41, 5.74) is -0.276. The number of nitrogens with one attached hydrogen (secondary N) is 2. The lowest BCUT2D eigenvalue weighted by Crippen LogP contribution is -2.51. The van der Waals surface area contributed by atoms with E-state index in [2.05, 4.69) is 27.5 Å². The second kappa shape index (κ2) is 6.39. The van der Waals surface area contributed by atoms with Gasteiger partial charge in [0, 0.05) is 12.1 Å². The molecule has 0 aliphatic carbocycles. The van der Waals surface area contributed by atoms with Gasteiger partial charge in [-0.05, 0) is 41.0 Å². The molecule has 0 atom stereocenters. The summed E-state index contributed by atoms with van der Waals surface area (Å²) in [6.45, 7) is 12.5. The molecule has 0 amide bonds. The monoisotopic (exact) mass is 280 g/mol. The van der Waals surface area contributed by atoms with Crippen LogP contribution < -0.4 is 10.6 Å². The van der Waals surface area contributed by atoms with Gasteiger partial charge in [0.2, 0.25) is 0 Å². The fourth-order valence-corrected chi connectivity index (χ4v) is 1.78. The fraction of sp³-hybridized carbons (Fsp3) is 0.733. The van der Waals surface area contributed by atoms with E-state index in [0.29, 0.717) is 0 Å². The Bertz CT molecular complexity index is 438. The molecule has 0 aliphatic heterocycles. The van der Waals surface area contributed by atoms with Crippen molar-refractivity contribution < 1.29 is 5.11 Å². The Labute approximate surface area is 122 Å². The summed E-state index contributed by atoms with van der Waals surface area (Å²) in [5.74, 6) is 1.67. The normalized spacial score (nSPS) is 12.3. The molecule has 0 spiro atoms. The minimum atomic E-state index is -0.861. The zero-order chi connectivity index (χ0) is 15.4. The molecule has 114 valence electrons. The molecule has 0 saturated carbocycles. The minimum absolute atomic E-state index is 0.493. The fourth-order valence-electron chi connectivity index (χ4n) is 1.78. The Morgan fingerprint density at radius 1 is 1.10 bits per heavy atom. The molecule has 1 rings (SSSR count). The van der Waals surface area contributed by atoms with E-state index in [1.165, 1.54) is 0 Å². The van der Waals surface area contributed by atoms with Crippen LogP contribution in [0.5, 0.6) is 0 Å². The molecule has 1 heterocycles. The number of anilines is 2. The van der Waals surface area contributed by atoms with Crippen LogP contribution in [0.2, 0.25) is 0 Å². The lowest BCUT2D eigenvalue weighted by Gasteiger charge is -2.39. The van der Waals surface area contributed by atoms with Crippen molar-refractivity contribution in [2.45, 2.75) is 65.5 Å². The smallest absolute Gasteiger partial charge is 0.135 e. The average molecular weight is 280 g/mol. The van der Waals surface area contributed by atoms with Crippen LogP contribution in [0.25, 0.3) is 0 Å². The molecular formula is C15H28N4O. The molecule has 0 radical (unpaired) electrons. The number of nitrogens with zero attached hydrogens (tertiary/aromatic N) is 2. The lowest BCUT2D eigenvalue weighted by atomic mass is 9.86. The Morgan fingerprint density at radius 3 is 2.20 bits per heavy atom. The van der Waals surface area contributed by atoms with Gasteiger partial charge in [0.15, 0.2) is 0 Å². The highest BCUT2D eigenvalue weighted by Gasteiger charge is 2.35. The maximum atomic E-state index is 10.3. The van der Waals surface area contributed by atoms with Gasteiger partial charge in [-0.15, -0.1) is 0 Å². The van der Waals surface area contributed by atoms with E-state index in [4.69, 9.17) is 0 Å². The van der Waals surface area contributed by atoms with E-state index in [1.54, 1.807) is 20.2 Å². The SMILES string of the molecule is CCCc1c(NCC)ncnc1NC(C)(C)C(C)(C)O. The second-order valence-electron chi connectivity index (χ2n) is 6.14. The van der Waals surface area contributed by atoms with Gasteiger partial charge in [0.1, 0.15) is 18.0 Å².